The Morgan fingerprint density at radius 3 is 2.38 bits per heavy atom. The molecule has 2 heterocycles. The third kappa shape index (κ3) is 3.82. The van der Waals surface area contributed by atoms with Crippen molar-refractivity contribution in [2.24, 2.45) is 0 Å². The van der Waals surface area contributed by atoms with Crippen LogP contribution in [0.15, 0.2) is 60.7 Å². The number of rotatable bonds is 5. The van der Waals surface area contributed by atoms with Crippen LogP contribution in [0.2, 0.25) is 0 Å². The van der Waals surface area contributed by atoms with Gasteiger partial charge in [-0.05, 0) is 73.5 Å². The lowest BCUT2D eigenvalue weighted by atomic mass is 9.89. The first-order valence-electron chi connectivity index (χ1n) is 11.1. The van der Waals surface area contributed by atoms with Crippen molar-refractivity contribution in [3.05, 3.63) is 83.6 Å². The van der Waals surface area contributed by atoms with Crippen LogP contribution in [0, 0.1) is 11.6 Å². The third-order valence-corrected chi connectivity index (χ3v) is 6.38. The number of carboxylic acids is 1. The number of fused-ring (bicyclic) bond motifs is 1. The lowest BCUT2D eigenvalue weighted by Crippen LogP contribution is -2.17. The van der Waals surface area contributed by atoms with E-state index in [1.54, 1.807) is 24.3 Å². The summed E-state index contributed by atoms with van der Waals surface area (Å²) in [5, 5.41) is 10.1. The van der Waals surface area contributed by atoms with Crippen molar-refractivity contribution in [1.82, 2.24) is 4.57 Å². The fourth-order valence-corrected chi connectivity index (χ4v) is 4.82. The summed E-state index contributed by atoms with van der Waals surface area (Å²) >= 11 is 0. The molecule has 34 heavy (non-hydrogen) atoms. The first kappa shape index (κ1) is 22.1. The quantitative estimate of drug-likeness (QED) is 0.384. The number of aromatic carboxylic acids is 1. The van der Waals surface area contributed by atoms with E-state index in [2.05, 4.69) is 0 Å². The molecule has 4 aromatic rings. The molecule has 1 aromatic heterocycles. The van der Waals surface area contributed by atoms with E-state index in [0.29, 0.717) is 29.9 Å². The standard InChI is InChI=1S/C27H23F2NO4/c1-33-24-14-17(27(31)32)2-8-21(24)25-22-15-19(29)5-9-23(22)30(20-6-3-18(28)4-7-20)26(25)16-10-12-34-13-11-16/h2-9,14-16H,10-13H2,1H3,(H,31,32). The number of methoxy groups -OCH3 is 1. The molecule has 1 fully saturated rings. The molecule has 0 spiro atoms. The van der Waals surface area contributed by atoms with Crippen molar-refractivity contribution in [2.45, 2.75) is 18.8 Å². The summed E-state index contributed by atoms with van der Waals surface area (Å²) in [6, 6.07) is 15.5. The zero-order valence-electron chi connectivity index (χ0n) is 18.6. The molecule has 7 heteroatoms. The van der Waals surface area contributed by atoms with Crippen LogP contribution in [0.5, 0.6) is 5.75 Å². The highest BCUT2D eigenvalue weighted by Crippen LogP contribution is 2.46. The van der Waals surface area contributed by atoms with Crippen LogP contribution in [0.4, 0.5) is 8.78 Å². The Balaban J connectivity index is 1.88. The number of nitrogens with zero attached hydrogens (tertiary/aromatic N) is 1. The lowest BCUT2D eigenvalue weighted by Gasteiger charge is -2.26. The van der Waals surface area contributed by atoms with Gasteiger partial charge in [0.1, 0.15) is 17.4 Å². The number of hydrogen-bond donors (Lipinski definition) is 1. The maximum absolute atomic E-state index is 14.5. The first-order chi connectivity index (χ1) is 16.5. The van der Waals surface area contributed by atoms with Gasteiger partial charge >= 0.3 is 5.97 Å². The number of ether oxygens (including phenoxy) is 2. The molecule has 174 valence electrons. The first-order valence-corrected chi connectivity index (χ1v) is 11.1. The minimum Gasteiger partial charge on any atom is -0.496 e. The molecule has 0 bridgehead atoms. The van der Waals surface area contributed by atoms with Gasteiger partial charge in [0.2, 0.25) is 0 Å². The topological polar surface area (TPSA) is 60.7 Å². The van der Waals surface area contributed by atoms with Gasteiger partial charge in [-0.1, -0.05) is 0 Å². The number of hydrogen-bond acceptors (Lipinski definition) is 3. The van der Waals surface area contributed by atoms with Crippen LogP contribution in [0.1, 0.15) is 34.8 Å². The summed E-state index contributed by atoms with van der Waals surface area (Å²) in [6.45, 7) is 1.19. The van der Waals surface area contributed by atoms with Crippen LogP contribution in [0.3, 0.4) is 0 Å². The van der Waals surface area contributed by atoms with E-state index in [9.17, 15) is 18.7 Å². The van der Waals surface area contributed by atoms with E-state index < -0.39 is 5.97 Å². The Labute approximate surface area is 195 Å². The molecular weight excluding hydrogens is 440 g/mol. The number of aromatic nitrogens is 1. The molecule has 0 radical (unpaired) electrons. The zero-order valence-corrected chi connectivity index (χ0v) is 18.6. The molecule has 1 aliphatic heterocycles. The average Bonchev–Trinajstić information content (AvgIpc) is 3.18. The molecule has 0 atom stereocenters. The van der Waals surface area contributed by atoms with Gasteiger partial charge in [-0.15, -0.1) is 0 Å². The molecule has 1 saturated heterocycles. The molecule has 0 aliphatic carbocycles. The molecule has 3 aromatic carbocycles. The van der Waals surface area contributed by atoms with Crippen molar-refractivity contribution in [3.63, 3.8) is 0 Å². The van der Waals surface area contributed by atoms with Crippen LogP contribution in [0.25, 0.3) is 27.7 Å². The summed E-state index contributed by atoms with van der Waals surface area (Å²) < 4.78 is 41.5. The van der Waals surface area contributed by atoms with E-state index >= 15 is 0 Å². The molecule has 1 N–H and O–H groups in total. The Bertz CT molecular complexity index is 1370. The molecule has 1 aliphatic rings. The van der Waals surface area contributed by atoms with Crippen LogP contribution in [-0.4, -0.2) is 36.0 Å². The number of carbonyl (C=O) groups is 1. The fraction of sp³-hybridized carbons (Fsp3) is 0.222. The predicted molar refractivity (Wildman–Crippen MR) is 125 cm³/mol. The maximum Gasteiger partial charge on any atom is 0.335 e. The van der Waals surface area contributed by atoms with Gasteiger partial charge in [-0.2, -0.15) is 0 Å². The number of benzene rings is 3. The van der Waals surface area contributed by atoms with Gasteiger partial charge in [0.25, 0.3) is 0 Å². The second-order valence-corrected chi connectivity index (χ2v) is 8.34. The van der Waals surface area contributed by atoms with Gasteiger partial charge in [0.05, 0.1) is 18.2 Å². The summed E-state index contributed by atoms with van der Waals surface area (Å²) in [5.41, 5.74) is 4.02. The van der Waals surface area contributed by atoms with Gasteiger partial charge in [0, 0.05) is 47.0 Å². The molecule has 0 unspecified atom stereocenters. The minimum absolute atomic E-state index is 0.0909. The van der Waals surface area contributed by atoms with E-state index in [0.717, 1.165) is 35.3 Å². The van der Waals surface area contributed by atoms with Crippen molar-refractivity contribution >= 4 is 16.9 Å². The smallest absolute Gasteiger partial charge is 0.335 e. The van der Waals surface area contributed by atoms with Crippen molar-refractivity contribution in [1.29, 1.82) is 0 Å². The Hall–Kier alpha value is -3.71. The summed E-state index contributed by atoms with van der Waals surface area (Å²) in [4.78, 5) is 11.6. The number of carboxylic acid groups (broad SMARTS) is 1. The lowest BCUT2D eigenvalue weighted by molar-refractivity contribution is 0.0696. The van der Waals surface area contributed by atoms with Crippen LogP contribution < -0.4 is 4.74 Å². The maximum atomic E-state index is 14.5. The zero-order chi connectivity index (χ0) is 23.8. The molecule has 0 amide bonds. The summed E-state index contributed by atoms with van der Waals surface area (Å²) in [6.07, 6.45) is 1.53. The van der Waals surface area contributed by atoms with Gasteiger partial charge < -0.3 is 19.1 Å². The van der Waals surface area contributed by atoms with Crippen molar-refractivity contribution in [3.8, 4) is 22.6 Å². The van der Waals surface area contributed by atoms with E-state index in [-0.39, 0.29) is 23.1 Å². The monoisotopic (exact) mass is 463 g/mol. The average molecular weight is 463 g/mol. The Morgan fingerprint density at radius 1 is 1.00 bits per heavy atom. The van der Waals surface area contributed by atoms with Gasteiger partial charge in [-0.25, -0.2) is 13.6 Å². The molecule has 0 saturated carbocycles. The second kappa shape index (κ2) is 8.91. The highest BCUT2D eigenvalue weighted by atomic mass is 19.1. The SMILES string of the molecule is COc1cc(C(=O)O)ccc1-c1c(C2CCOCC2)n(-c2ccc(F)cc2)c2ccc(F)cc12. The molecule has 5 rings (SSSR count). The van der Waals surface area contributed by atoms with Crippen molar-refractivity contribution < 1.29 is 28.2 Å². The van der Waals surface area contributed by atoms with E-state index in [4.69, 9.17) is 9.47 Å². The van der Waals surface area contributed by atoms with E-state index in [1.807, 2.05) is 4.57 Å². The number of halogens is 2. The minimum atomic E-state index is -1.06. The summed E-state index contributed by atoms with van der Waals surface area (Å²) in [7, 11) is 1.48. The third-order valence-electron chi connectivity index (χ3n) is 6.38. The Kier molecular flexibility index (Phi) is 5.79. The molecular formula is C27H23F2NO4. The fourth-order valence-electron chi connectivity index (χ4n) is 4.82. The van der Waals surface area contributed by atoms with Crippen molar-refractivity contribution in [2.75, 3.05) is 20.3 Å². The Morgan fingerprint density at radius 2 is 1.71 bits per heavy atom. The van der Waals surface area contributed by atoms with E-state index in [1.165, 1.54) is 43.5 Å². The van der Waals surface area contributed by atoms with Crippen LogP contribution in [-0.2, 0) is 4.74 Å². The van der Waals surface area contributed by atoms with Gasteiger partial charge in [0.15, 0.2) is 0 Å². The predicted octanol–water partition coefficient (Wildman–Crippen LogP) is 6.18. The van der Waals surface area contributed by atoms with Crippen LogP contribution >= 0.6 is 0 Å². The summed E-state index contributed by atoms with van der Waals surface area (Å²) in [5.74, 6) is -1.31. The highest BCUT2D eigenvalue weighted by Gasteiger charge is 2.29. The largest absolute Gasteiger partial charge is 0.496 e. The van der Waals surface area contributed by atoms with Gasteiger partial charge in [-0.3, -0.25) is 0 Å². The normalized spacial score (nSPS) is 14.4. The molecule has 5 nitrogen and oxygen atoms in total. The second-order valence-electron chi connectivity index (χ2n) is 8.34. The highest BCUT2D eigenvalue weighted by molar-refractivity contribution is 6.02.